The quantitative estimate of drug-likeness (QED) is 0.471. The monoisotopic (exact) mass is 473 g/mol. The molecule has 3 rings (SSSR count). The highest BCUT2D eigenvalue weighted by Crippen LogP contribution is 2.29. The molecule has 0 bridgehead atoms. The minimum Gasteiger partial charge on any atom is -0.495 e. The number of carbonyl (C=O) groups is 2. The highest BCUT2D eigenvalue weighted by Gasteiger charge is 2.19. The minimum atomic E-state index is -3.94. The molecule has 10 heteroatoms. The van der Waals surface area contributed by atoms with Crippen LogP contribution < -0.4 is 20.1 Å². The number of anilines is 3. The van der Waals surface area contributed by atoms with Gasteiger partial charge in [0.1, 0.15) is 5.75 Å². The fraction of sp³-hybridized carbons (Fsp3) is 0.0909. The first-order valence-electron chi connectivity index (χ1n) is 9.34. The van der Waals surface area contributed by atoms with Gasteiger partial charge in [0.25, 0.3) is 15.9 Å². The lowest BCUT2D eigenvalue weighted by atomic mass is 10.1. The number of rotatable bonds is 7. The third-order valence-corrected chi connectivity index (χ3v) is 5.94. The van der Waals surface area contributed by atoms with Gasteiger partial charge in [-0.3, -0.25) is 14.3 Å². The van der Waals surface area contributed by atoms with Gasteiger partial charge in [0.2, 0.25) is 5.91 Å². The number of halogens is 1. The Kier molecular flexibility index (Phi) is 7.01. The largest absolute Gasteiger partial charge is 0.495 e. The summed E-state index contributed by atoms with van der Waals surface area (Å²) in [5, 5.41) is 5.73. The van der Waals surface area contributed by atoms with Crippen LogP contribution in [0.1, 0.15) is 17.3 Å². The average Bonchev–Trinajstić information content (AvgIpc) is 2.74. The Labute approximate surface area is 190 Å². The van der Waals surface area contributed by atoms with Crippen molar-refractivity contribution >= 4 is 50.5 Å². The van der Waals surface area contributed by atoms with E-state index in [1.54, 1.807) is 30.3 Å². The number of hydrogen-bond donors (Lipinski definition) is 3. The molecule has 0 aliphatic heterocycles. The highest BCUT2D eigenvalue weighted by molar-refractivity contribution is 7.92. The number of hydrogen-bond acceptors (Lipinski definition) is 5. The number of sulfonamides is 1. The molecule has 0 saturated heterocycles. The van der Waals surface area contributed by atoms with Crippen molar-refractivity contribution < 1.29 is 22.7 Å². The van der Waals surface area contributed by atoms with Crippen LogP contribution in [-0.4, -0.2) is 27.3 Å². The Morgan fingerprint density at radius 2 is 1.59 bits per heavy atom. The lowest BCUT2D eigenvalue weighted by Crippen LogP contribution is -2.18. The van der Waals surface area contributed by atoms with Crippen LogP contribution in [0.15, 0.2) is 71.6 Å². The number of benzene rings is 3. The van der Waals surface area contributed by atoms with Crippen LogP contribution >= 0.6 is 11.6 Å². The molecule has 0 saturated carbocycles. The van der Waals surface area contributed by atoms with Crippen molar-refractivity contribution in [1.29, 1.82) is 0 Å². The number of para-hydroxylation sites is 1. The summed E-state index contributed by atoms with van der Waals surface area (Å²) in [6.45, 7) is 1.35. The highest BCUT2D eigenvalue weighted by atomic mass is 35.5. The molecule has 2 amide bonds. The summed E-state index contributed by atoms with van der Waals surface area (Å²) in [7, 11) is -2.48. The Morgan fingerprint density at radius 3 is 2.25 bits per heavy atom. The summed E-state index contributed by atoms with van der Waals surface area (Å²) in [5.74, 6) is -0.415. The van der Waals surface area contributed by atoms with Gasteiger partial charge in [0.05, 0.1) is 28.9 Å². The molecule has 0 fully saturated rings. The zero-order chi connectivity index (χ0) is 23.3. The standard InChI is InChI=1S/C22H20ClN3O5S/c1-14(27)24-20-13-16(9-12-21(20)31-2)25-22(28)18-5-3-4-6-19(18)26-32(29,30)17-10-7-15(23)8-11-17/h3-13,26H,1-2H3,(H,24,27)(H,25,28). The zero-order valence-electron chi connectivity index (χ0n) is 17.2. The molecule has 32 heavy (non-hydrogen) atoms. The van der Waals surface area contributed by atoms with Crippen LogP contribution in [0, 0.1) is 0 Å². The van der Waals surface area contributed by atoms with Crippen molar-refractivity contribution in [2.45, 2.75) is 11.8 Å². The van der Waals surface area contributed by atoms with Gasteiger partial charge < -0.3 is 15.4 Å². The van der Waals surface area contributed by atoms with Crippen LogP contribution in [0.3, 0.4) is 0 Å². The Bertz CT molecular complexity index is 1260. The van der Waals surface area contributed by atoms with Crippen molar-refractivity contribution in [2.24, 2.45) is 0 Å². The SMILES string of the molecule is COc1ccc(NC(=O)c2ccccc2NS(=O)(=O)c2ccc(Cl)cc2)cc1NC(C)=O. The van der Waals surface area contributed by atoms with Crippen LogP contribution in [0.25, 0.3) is 0 Å². The molecule has 0 aliphatic rings. The zero-order valence-corrected chi connectivity index (χ0v) is 18.8. The first kappa shape index (κ1) is 23.1. The van der Waals surface area contributed by atoms with Gasteiger partial charge in [-0.05, 0) is 54.6 Å². The summed E-state index contributed by atoms with van der Waals surface area (Å²) in [6, 6.07) is 16.6. The van der Waals surface area contributed by atoms with Gasteiger partial charge in [-0.2, -0.15) is 0 Å². The number of nitrogens with one attached hydrogen (secondary N) is 3. The molecule has 3 N–H and O–H groups in total. The molecular weight excluding hydrogens is 454 g/mol. The van der Waals surface area contributed by atoms with Gasteiger partial charge in [0, 0.05) is 17.6 Å². The molecule has 3 aromatic rings. The van der Waals surface area contributed by atoms with Gasteiger partial charge in [0.15, 0.2) is 0 Å². The summed E-state index contributed by atoms with van der Waals surface area (Å²) < 4.78 is 33.1. The maximum absolute atomic E-state index is 12.9. The molecule has 0 radical (unpaired) electrons. The predicted molar refractivity (Wildman–Crippen MR) is 124 cm³/mol. The van der Waals surface area contributed by atoms with Crippen LogP contribution in [-0.2, 0) is 14.8 Å². The number of methoxy groups -OCH3 is 1. The van der Waals surface area contributed by atoms with Crippen molar-refractivity contribution in [3.05, 3.63) is 77.3 Å². The average molecular weight is 474 g/mol. The first-order chi connectivity index (χ1) is 15.2. The lowest BCUT2D eigenvalue weighted by molar-refractivity contribution is -0.114. The predicted octanol–water partition coefficient (Wildman–Crippen LogP) is 4.36. The molecule has 0 unspecified atom stereocenters. The summed E-state index contributed by atoms with van der Waals surface area (Å²) in [6.07, 6.45) is 0. The lowest BCUT2D eigenvalue weighted by Gasteiger charge is -2.14. The van der Waals surface area contributed by atoms with Crippen molar-refractivity contribution in [3.63, 3.8) is 0 Å². The molecular formula is C22H20ClN3O5S. The van der Waals surface area contributed by atoms with E-state index in [-0.39, 0.29) is 22.1 Å². The fourth-order valence-corrected chi connectivity index (χ4v) is 4.06. The summed E-state index contributed by atoms with van der Waals surface area (Å²) >= 11 is 5.82. The van der Waals surface area contributed by atoms with E-state index in [4.69, 9.17) is 16.3 Å². The second-order valence-corrected chi connectivity index (χ2v) is 8.77. The molecule has 0 heterocycles. The van der Waals surface area contributed by atoms with Crippen molar-refractivity contribution in [2.75, 3.05) is 22.5 Å². The second kappa shape index (κ2) is 9.71. The maximum atomic E-state index is 12.9. The van der Waals surface area contributed by atoms with Crippen LogP contribution in [0.4, 0.5) is 17.1 Å². The van der Waals surface area contributed by atoms with E-state index in [9.17, 15) is 18.0 Å². The number of carbonyl (C=O) groups excluding carboxylic acids is 2. The minimum absolute atomic E-state index is 0.00668. The maximum Gasteiger partial charge on any atom is 0.261 e. The number of ether oxygens (including phenoxy) is 1. The Hall–Kier alpha value is -3.56. The number of amides is 2. The van der Waals surface area contributed by atoms with E-state index in [2.05, 4.69) is 15.4 Å². The van der Waals surface area contributed by atoms with E-state index >= 15 is 0 Å². The summed E-state index contributed by atoms with van der Waals surface area (Å²) in [5.41, 5.74) is 0.988. The van der Waals surface area contributed by atoms with E-state index in [1.165, 1.54) is 50.4 Å². The molecule has 0 spiro atoms. The Balaban J connectivity index is 1.86. The third kappa shape index (κ3) is 5.57. The van der Waals surface area contributed by atoms with E-state index in [0.29, 0.717) is 22.1 Å². The molecule has 8 nitrogen and oxygen atoms in total. The van der Waals surface area contributed by atoms with Crippen molar-refractivity contribution in [1.82, 2.24) is 0 Å². The molecule has 166 valence electrons. The second-order valence-electron chi connectivity index (χ2n) is 6.66. The van der Waals surface area contributed by atoms with E-state index in [1.807, 2.05) is 0 Å². The molecule has 3 aromatic carbocycles. The molecule has 0 aliphatic carbocycles. The van der Waals surface area contributed by atoms with Gasteiger partial charge in [-0.25, -0.2) is 8.42 Å². The van der Waals surface area contributed by atoms with E-state index < -0.39 is 15.9 Å². The first-order valence-corrected chi connectivity index (χ1v) is 11.2. The fourth-order valence-electron chi connectivity index (χ4n) is 2.86. The topological polar surface area (TPSA) is 114 Å². The van der Waals surface area contributed by atoms with Gasteiger partial charge in [-0.15, -0.1) is 0 Å². The van der Waals surface area contributed by atoms with Gasteiger partial charge in [-0.1, -0.05) is 23.7 Å². The van der Waals surface area contributed by atoms with E-state index in [0.717, 1.165) is 0 Å². The summed E-state index contributed by atoms with van der Waals surface area (Å²) in [4.78, 5) is 24.3. The molecule has 0 atom stereocenters. The third-order valence-electron chi connectivity index (χ3n) is 4.31. The normalized spacial score (nSPS) is 10.8. The van der Waals surface area contributed by atoms with Gasteiger partial charge >= 0.3 is 0 Å². The van der Waals surface area contributed by atoms with Crippen LogP contribution in [0.2, 0.25) is 5.02 Å². The smallest absolute Gasteiger partial charge is 0.261 e. The van der Waals surface area contributed by atoms with Crippen molar-refractivity contribution in [3.8, 4) is 5.75 Å². The Morgan fingerprint density at radius 1 is 0.906 bits per heavy atom. The van der Waals surface area contributed by atoms with Crippen LogP contribution in [0.5, 0.6) is 5.75 Å². The molecule has 0 aromatic heterocycles.